The zero-order chi connectivity index (χ0) is 21.2. The zero-order valence-corrected chi connectivity index (χ0v) is 21.5. The minimum atomic E-state index is 0. The van der Waals surface area contributed by atoms with Crippen LogP contribution in [0.2, 0.25) is 0 Å². The molecule has 31 heavy (non-hydrogen) atoms. The Labute approximate surface area is 204 Å². The molecule has 0 unspecified atom stereocenters. The van der Waals surface area contributed by atoms with Crippen LogP contribution in [0.1, 0.15) is 39.0 Å². The molecule has 8 heteroatoms. The summed E-state index contributed by atoms with van der Waals surface area (Å²) in [6, 6.07) is 6.49. The summed E-state index contributed by atoms with van der Waals surface area (Å²) in [6.45, 7) is 7.48. The Morgan fingerprint density at radius 2 is 1.74 bits per heavy atom. The number of hydrogen-bond acceptors (Lipinski definition) is 5. The van der Waals surface area contributed by atoms with Crippen molar-refractivity contribution in [2.45, 2.75) is 45.1 Å². The normalized spacial score (nSPS) is 17.1. The van der Waals surface area contributed by atoms with E-state index >= 15 is 0 Å². The SMILES string of the molecule is CCNC(=NCCCOCC1CC1)NC1CCN(c2cc(OC)cc(OC)c2)CC1.I. The van der Waals surface area contributed by atoms with Crippen LogP contribution in [0.15, 0.2) is 23.2 Å². The van der Waals surface area contributed by atoms with Crippen molar-refractivity contribution in [1.82, 2.24) is 10.6 Å². The highest BCUT2D eigenvalue weighted by Crippen LogP contribution is 2.30. The van der Waals surface area contributed by atoms with Crippen LogP contribution in [0.4, 0.5) is 5.69 Å². The first-order valence-corrected chi connectivity index (χ1v) is 11.3. The molecule has 2 N–H and O–H groups in total. The topological polar surface area (TPSA) is 67.4 Å². The summed E-state index contributed by atoms with van der Waals surface area (Å²) in [4.78, 5) is 7.12. The number of piperidine rings is 1. The Morgan fingerprint density at radius 3 is 2.32 bits per heavy atom. The predicted octanol–water partition coefficient (Wildman–Crippen LogP) is 3.66. The van der Waals surface area contributed by atoms with Crippen molar-refractivity contribution in [2.24, 2.45) is 10.9 Å². The van der Waals surface area contributed by atoms with Gasteiger partial charge >= 0.3 is 0 Å². The summed E-state index contributed by atoms with van der Waals surface area (Å²) in [5, 5.41) is 6.99. The van der Waals surface area contributed by atoms with E-state index in [0.717, 1.165) is 87.7 Å². The standard InChI is InChI=1S/C23H38N4O3.HI/c1-4-24-23(25-10-5-13-30-17-18-6-7-18)26-19-8-11-27(12-9-19)20-14-21(28-2)16-22(15-20)29-3;/h14-16,18-19H,4-13,17H2,1-3H3,(H2,24,25,26);1H. The highest BCUT2D eigenvalue weighted by atomic mass is 127. The first kappa shape index (κ1) is 25.8. The summed E-state index contributed by atoms with van der Waals surface area (Å²) in [5.41, 5.74) is 1.15. The van der Waals surface area contributed by atoms with Gasteiger partial charge in [0, 0.05) is 69.3 Å². The van der Waals surface area contributed by atoms with E-state index < -0.39 is 0 Å². The molecule has 1 aromatic carbocycles. The Hall–Kier alpha value is -1.42. The highest BCUT2D eigenvalue weighted by Gasteiger charge is 2.22. The number of rotatable bonds is 11. The van der Waals surface area contributed by atoms with Crippen molar-refractivity contribution >= 4 is 35.6 Å². The van der Waals surface area contributed by atoms with Gasteiger partial charge in [-0.15, -0.1) is 24.0 Å². The maximum Gasteiger partial charge on any atom is 0.191 e. The van der Waals surface area contributed by atoms with Crippen LogP contribution in [0, 0.1) is 5.92 Å². The quantitative estimate of drug-likeness (QED) is 0.191. The van der Waals surface area contributed by atoms with E-state index in [4.69, 9.17) is 19.2 Å². The molecule has 0 amide bonds. The second-order valence-electron chi connectivity index (χ2n) is 8.11. The lowest BCUT2D eigenvalue weighted by Crippen LogP contribution is -2.48. The van der Waals surface area contributed by atoms with Gasteiger partial charge in [0.1, 0.15) is 11.5 Å². The molecule has 1 saturated carbocycles. The Balaban J connectivity index is 0.00000341. The lowest BCUT2D eigenvalue weighted by molar-refractivity contribution is 0.123. The number of anilines is 1. The number of nitrogens with one attached hydrogen (secondary N) is 2. The number of guanidine groups is 1. The Kier molecular flexibility index (Phi) is 11.6. The van der Waals surface area contributed by atoms with Gasteiger partial charge in [0.15, 0.2) is 5.96 Å². The fourth-order valence-electron chi connectivity index (χ4n) is 3.66. The van der Waals surface area contributed by atoms with E-state index in [1.54, 1.807) is 14.2 Å². The molecule has 1 heterocycles. The fraction of sp³-hybridized carbons (Fsp3) is 0.696. The first-order valence-electron chi connectivity index (χ1n) is 11.3. The maximum absolute atomic E-state index is 5.70. The van der Waals surface area contributed by atoms with Gasteiger partial charge in [-0.2, -0.15) is 0 Å². The molecule has 2 aliphatic rings. The van der Waals surface area contributed by atoms with Crippen LogP contribution in [0.3, 0.4) is 0 Å². The molecule has 1 aliphatic carbocycles. The molecule has 0 radical (unpaired) electrons. The number of ether oxygens (including phenoxy) is 3. The monoisotopic (exact) mass is 546 g/mol. The number of methoxy groups -OCH3 is 2. The van der Waals surface area contributed by atoms with Crippen molar-refractivity contribution in [1.29, 1.82) is 0 Å². The van der Waals surface area contributed by atoms with E-state index in [-0.39, 0.29) is 24.0 Å². The third-order valence-electron chi connectivity index (χ3n) is 5.65. The number of aliphatic imine (C=N–C) groups is 1. The van der Waals surface area contributed by atoms with Crippen LogP contribution < -0.4 is 25.0 Å². The van der Waals surface area contributed by atoms with E-state index in [1.807, 2.05) is 6.07 Å². The second-order valence-corrected chi connectivity index (χ2v) is 8.11. The molecule has 0 atom stereocenters. The van der Waals surface area contributed by atoms with Gasteiger partial charge in [-0.05, 0) is 44.9 Å². The van der Waals surface area contributed by atoms with E-state index in [0.29, 0.717) is 6.04 Å². The van der Waals surface area contributed by atoms with Crippen molar-refractivity contribution in [2.75, 3.05) is 58.5 Å². The highest BCUT2D eigenvalue weighted by molar-refractivity contribution is 14.0. The minimum absolute atomic E-state index is 0. The molecule has 2 fully saturated rings. The maximum atomic E-state index is 5.70. The van der Waals surface area contributed by atoms with E-state index in [1.165, 1.54) is 12.8 Å². The fourth-order valence-corrected chi connectivity index (χ4v) is 3.66. The molecule has 0 spiro atoms. The van der Waals surface area contributed by atoms with E-state index in [2.05, 4.69) is 34.6 Å². The van der Waals surface area contributed by atoms with Crippen LogP contribution in [-0.4, -0.2) is 65.6 Å². The predicted molar refractivity (Wildman–Crippen MR) is 137 cm³/mol. The average molecular weight is 546 g/mol. The van der Waals surface area contributed by atoms with Crippen molar-refractivity contribution in [3.63, 3.8) is 0 Å². The van der Waals surface area contributed by atoms with Crippen molar-refractivity contribution in [3.8, 4) is 11.5 Å². The number of nitrogens with zero attached hydrogens (tertiary/aromatic N) is 2. The van der Waals surface area contributed by atoms with Crippen LogP contribution in [0.25, 0.3) is 0 Å². The van der Waals surface area contributed by atoms with Crippen LogP contribution >= 0.6 is 24.0 Å². The van der Waals surface area contributed by atoms with Gasteiger partial charge in [-0.25, -0.2) is 0 Å². The number of halogens is 1. The molecule has 1 aromatic rings. The summed E-state index contributed by atoms with van der Waals surface area (Å²) >= 11 is 0. The number of benzene rings is 1. The second kappa shape index (κ2) is 13.9. The van der Waals surface area contributed by atoms with Crippen LogP contribution in [-0.2, 0) is 4.74 Å². The van der Waals surface area contributed by atoms with Gasteiger partial charge in [-0.3, -0.25) is 4.99 Å². The van der Waals surface area contributed by atoms with Gasteiger partial charge in [0.05, 0.1) is 14.2 Å². The Bertz CT molecular complexity index is 655. The van der Waals surface area contributed by atoms with Crippen LogP contribution in [0.5, 0.6) is 11.5 Å². The van der Waals surface area contributed by atoms with Crippen molar-refractivity contribution < 1.29 is 14.2 Å². The molecular weight excluding hydrogens is 507 g/mol. The van der Waals surface area contributed by atoms with Gasteiger partial charge in [0.25, 0.3) is 0 Å². The van der Waals surface area contributed by atoms with E-state index in [9.17, 15) is 0 Å². The summed E-state index contributed by atoms with van der Waals surface area (Å²) < 4.78 is 16.5. The lowest BCUT2D eigenvalue weighted by atomic mass is 10.0. The molecule has 1 aliphatic heterocycles. The lowest BCUT2D eigenvalue weighted by Gasteiger charge is -2.34. The third kappa shape index (κ3) is 8.92. The van der Waals surface area contributed by atoms with Gasteiger partial charge < -0.3 is 29.7 Å². The molecule has 176 valence electrons. The zero-order valence-electron chi connectivity index (χ0n) is 19.2. The van der Waals surface area contributed by atoms with Crippen molar-refractivity contribution in [3.05, 3.63) is 18.2 Å². The van der Waals surface area contributed by atoms with Gasteiger partial charge in [0.2, 0.25) is 0 Å². The molecule has 1 saturated heterocycles. The number of hydrogen-bond donors (Lipinski definition) is 2. The summed E-state index contributed by atoms with van der Waals surface area (Å²) in [6.07, 6.45) is 5.79. The molecule has 0 aromatic heterocycles. The van der Waals surface area contributed by atoms with Gasteiger partial charge in [-0.1, -0.05) is 0 Å². The smallest absolute Gasteiger partial charge is 0.191 e. The summed E-state index contributed by atoms with van der Waals surface area (Å²) in [5.74, 6) is 3.40. The molecule has 3 rings (SSSR count). The third-order valence-corrected chi connectivity index (χ3v) is 5.65. The summed E-state index contributed by atoms with van der Waals surface area (Å²) in [7, 11) is 3.38. The Morgan fingerprint density at radius 1 is 1.06 bits per heavy atom. The minimum Gasteiger partial charge on any atom is -0.497 e. The largest absolute Gasteiger partial charge is 0.497 e. The molecular formula is C23H39IN4O3. The molecule has 0 bridgehead atoms. The molecule has 7 nitrogen and oxygen atoms in total. The average Bonchev–Trinajstić information content (AvgIpc) is 3.60. The first-order chi connectivity index (χ1) is 14.7.